The Morgan fingerprint density at radius 1 is 1.47 bits per heavy atom. The molecule has 0 aromatic carbocycles. The number of aromatic nitrogens is 2. The highest BCUT2D eigenvalue weighted by atomic mass is 16.5. The fourth-order valence-electron chi connectivity index (χ4n) is 1.96. The van der Waals surface area contributed by atoms with Crippen LogP contribution in [0.5, 0.6) is 0 Å². The molecule has 2 heterocycles. The first-order chi connectivity index (χ1) is 9.02. The number of anilines is 1. The topological polar surface area (TPSA) is 105 Å². The Kier molecular flexibility index (Phi) is 3.70. The number of nitrogens with one attached hydrogen (secondary N) is 2. The second kappa shape index (κ2) is 5.27. The van der Waals surface area contributed by atoms with E-state index in [2.05, 4.69) is 15.7 Å². The lowest BCUT2D eigenvalue weighted by molar-refractivity contribution is -0.148. The third-order valence-electron chi connectivity index (χ3n) is 3.06. The molecule has 1 aromatic rings. The van der Waals surface area contributed by atoms with E-state index < -0.39 is 17.5 Å². The number of rotatable bonds is 3. The number of carboxylic acids is 1. The average molecular weight is 268 g/mol. The van der Waals surface area contributed by atoms with Crippen LogP contribution in [0.3, 0.4) is 0 Å². The molecule has 2 amide bonds. The summed E-state index contributed by atoms with van der Waals surface area (Å²) in [6.07, 6.45) is 2.17. The summed E-state index contributed by atoms with van der Waals surface area (Å²) >= 11 is 0. The second-order valence-electron chi connectivity index (χ2n) is 4.45. The number of aryl methyl sites for hydroxylation is 1. The van der Waals surface area contributed by atoms with Crippen LogP contribution in [0.1, 0.15) is 12.8 Å². The van der Waals surface area contributed by atoms with Crippen LogP contribution in [0.25, 0.3) is 0 Å². The number of carbonyl (C=O) groups excluding carboxylic acids is 1. The first kappa shape index (κ1) is 13.3. The molecule has 0 atom stereocenters. The van der Waals surface area contributed by atoms with Gasteiger partial charge in [0.15, 0.2) is 5.82 Å². The first-order valence-electron chi connectivity index (χ1n) is 5.92. The van der Waals surface area contributed by atoms with Crippen LogP contribution in [0, 0.1) is 0 Å². The summed E-state index contributed by atoms with van der Waals surface area (Å²) in [6.45, 7) is 0.631. The van der Waals surface area contributed by atoms with Gasteiger partial charge in [-0.1, -0.05) is 0 Å². The van der Waals surface area contributed by atoms with E-state index in [4.69, 9.17) is 4.74 Å². The third-order valence-corrected chi connectivity index (χ3v) is 3.06. The molecule has 0 spiro atoms. The van der Waals surface area contributed by atoms with Gasteiger partial charge in [-0.05, 0) is 0 Å². The molecule has 1 aliphatic rings. The zero-order chi connectivity index (χ0) is 13.9. The maximum Gasteiger partial charge on any atom is 0.329 e. The molecular weight excluding hydrogens is 252 g/mol. The van der Waals surface area contributed by atoms with Gasteiger partial charge in [-0.25, -0.2) is 9.59 Å². The van der Waals surface area contributed by atoms with Crippen molar-refractivity contribution in [1.29, 1.82) is 0 Å². The van der Waals surface area contributed by atoms with E-state index in [0.29, 0.717) is 19.0 Å². The Morgan fingerprint density at radius 3 is 2.68 bits per heavy atom. The van der Waals surface area contributed by atoms with Crippen molar-refractivity contribution in [3.63, 3.8) is 0 Å². The number of carbonyl (C=O) groups is 2. The summed E-state index contributed by atoms with van der Waals surface area (Å²) in [5.41, 5.74) is -1.27. The molecule has 0 bridgehead atoms. The summed E-state index contributed by atoms with van der Waals surface area (Å²) < 4.78 is 6.67. The maximum absolute atomic E-state index is 11.8. The predicted octanol–water partition coefficient (Wildman–Crippen LogP) is 0.175. The Balaban J connectivity index is 2.01. The third kappa shape index (κ3) is 3.02. The lowest BCUT2D eigenvalue weighted by Gasteiger charge is -2.33. The summed E-state index contributed by atoms with van der Waals surface area (Å²) in [4.78, 5) is 23.2. The average Bonchev–Trinajstić information content (AvgIpc) is 2.75. The molecule has 19 heavy (non-hydrogen) atoms. The largest absolute Gasteiger partial charge is 0.480 e. The monoisotopic (exact) mass is 268 g/mol. The number of hydrogen-bond acceptors (Lipinski definition) is 4. The number of aliphatic carboxylic acids is 1. The number of carboxylic acid groups (broad SMARTS) is 1. The van der Waals surface area contributed by atoms with E-state index in [1.807, 2.05) is 0 Å². The van der Waals surface area contributed by atoms with Crippen LogP contribution in [0.15, 0.2) is 12.3 Å². The fourth-order valence-corrected chi connectivity index (χ4v) is 1.96. The molecule has 0 aliphatic carbocycles. The minimum Gasteiger partial charge on any atom is -0.480 e. The molecule has 0 saturated carbocycles. The van der Waals surface area contributed by atoms with Gasteiger partial charge in [0.2, 0.25) is 0 Å². The molecule has 0 unspecified atom stereocenters. The Labute approximate surface area is 109 Å². The number of ether oxygens (including phenoxy) is 1. The standard InChI is InChI=1S/C11H16N4O4/c1-15-5-2-8(14-15)12-10(18)13-11(9(16)17)3-6-19-7-4-11/h2,5H,3-4,6-7H2,1H3,(H,16,17)(H2,12,13,14,18). The highest BCUT2D eigenvalue weighted by Crippen LogP contribution is 2.21. The van der Waals surface area contributed by atoms with E-state index in [-0.39, 0.29) is 12.8 Å². The van der Waals surface area contributed by atoms with Crippen LogP contribution in [0.2, 0.25) is 0 Å². The maximum atomic E-state index is 11.8. The molecular formula is C11H16N4O4. The smallest absolute Gasteiger partial charge is 0.329 e. The van der Waals surface area contributed by atoms with E-state index in [1.165, 1.54) is 4.68 Å². The van der Waals surface area contributed by atoms with Crippen molar-refractivity contribution >= 4 is 17.8 Å². The van der Waals surface area contributed by atoms with Crippen LogP contribution >= 0.6 is 0 Å². The van der Waals surface area contributed by atoms with Gasteiger partial charge in [-0.2, -0.15) is 5.10 Å². The van der Waals surface area contributed by atoms with Gasteiger partial charge in [0.1, 0.15) is 5.54 Å². The molecule has 1 saturated heterocycles. The van der Waals surface area contributed by atoms with Crippen molar-refractivity contribution in [3.05, 3.63) is 12.3 Å². The summed E-state index contributed by atoms with van der Waals surface area (Å²) in [5, 5.41) is 18.3. The highest BCUT2D eigenvalue weighted by molar-refractivity contribution is 5.93. The van der Waals surface area contributed by atoms with Crippen LogP contribution in [-0.4, -0.2) is 45.6 Å². The minimum absolute atomic E-state index is 0.248. The molecule has 1 aliphatic heterocycles. The Hall–Kier alpha value is -2.09. The molecule has 0 radical (unpaired) electrons. The van der Waals surface area contributed by atoms with Gasteiger partial charge in [-0.15, -0.1) is 0 Å². The number of hydrogen-bond donors (Lipinski definition) is 3. The molecule has 1 fully saturated rings. The van der Waals surface area contributed by atoms with Crippen molar-refractivity contribution < 1.29 is 19.4 Å². The van der Waals surface area contributed by atoms with Gasteiger partial charge < -0.3 is 15.2 Å². The SMILES string of the molecule is Cn1ccc(NC(=O)NC2(C(=O)O)CCOCC2)n1. The lowest BCUT2D eigenvalue weighted by atomic mass is 9.90. The predicted molar refractivity (Wildman–Crippen MR) is 65.8 cm³/mol. The summed E-state index contributed by atoms with van der Waals surface area (Å²) in [6, 6.07) is 1.04. The molecule has 8 nitrogen and oxygen atoms in total. The van der Waals surface area contributed by atoms with Gasteiger partial charge in [-0.3, -0.25) is 10.00 Å². The van der Waals surface area contributed by atoms with Crippen molar-refractivity contribution in [2.24, 2.45) is 7.05 Å². The van der Waals surface area contributed by atoms with E-state index >= 15 is 0 Å². The van der Waals surface area contributed by atoms with Crippen molar-refractivity contribution in [1.82, 2.24) is 15.1 Å². The first-order valence-corrected chi connectivity index (χ1v) is 5.92. The van der Waals surface area contributed by atoms with Crippen molar-refractivity contribution in [2.75, 3.05) is 18.5 Å². The molecule has 2 rings (SSSR count). The number of urea groups is 1. The lowest BCUT2D eigenvalue weighted by Crippen LogP contribution is -2.58. The zero-order valence-electron chi connectivity index (χ0n) is 10.5. The number of nitrogens with zero attached hydrogens (tertiary/aromatic N) is 2. The summed E-state index contributed by atoms with van der Waals surface area (Å²) in [5.74, 6) is -0.681. The van der Waals surface area contributed by atoms with Gasteiger partial charge >= 0.3 is 12.0 Å². The summed E-state index contributed by atoms with van der Waals surface area (Å²) in [7, 11) is 1.72. The van der Waals surface area contributed by atoms with E-state index in [9.17, 15) is 14.7 Å². The fraction of sp³-hybridized carbons (Fsp3) is 0.545. The van der Waals surface area contributed by atoms with Gasteiger partial charge in [0, 0.05) is 45.4 Å². The van der Waals surface area contributed by atoms with Crippen LogP contribution < -0.4 is 10.6 Å². The zero-order valence-corrected chi connectivity index (χ0v) is 10.5. The normalized spacial score (nSPS) is 17.7. The highest BCUT2D eigenvalue weighted by Gasteiger charge is 2.41. The van der Waals surface area contributed by atoms with E-state index in [0.717, 1.165) is 0 Å². The van der Waals surface area contributed by atoms with Crippen molar-refractivity contribution in [3.8, 4) is 0 Å². The van der Waals surface area contributed by atoms with E-state index in [1.54, 1.807) is 19.3 Å². The molecule has 8 heteroatoms. The molecule has 1 aromatic heterocycles. The van der Waals surface area contributed by atoms with Crippen molar-refractivity contribution in [2.45, 2.75) is 18.4 Å². The molecule has 104 valence electrons. The Morgan fingerprint density at radius 2 is 2.16 bits per heavy atom. The minimum atomic E-state index is -1.27. The van der Waals surface area contributed by atoms with Crippen LogP contribution in [-0.2, 0) is 16.6 Å². The molecule has 3 N–H and O–H groups in total. The van der Waals surface area contributed by atoms with Gasteiger partial charge in [0.05, 0.1) is 0 Å². The van der Waals surface area contributed by atoms with Crippen LogP contribution in [0.4, 0.5) is 10.6 Å². The van der Waals surface area contributed by atoms with Gasteiger partial charge in [0.25, 0.3) is 0 Å². The second-order valence-corrected chi connectivity index (χ2v) is 4.45. The quantitative estimate of drug-likeness (QED) is 0.725. The number of amides is 2. The Bertz CT molecular complexity index is 479.